The van der Waals surface area contributed by atoms with Gasteiger partial charge in [0.1, 0.15) is 0 Å². The Bertz CT molecular complexity index is 1080. The van der Waals surface area contributed by atoms with Gasteiger partial charge in [-0.05, 0) is 44.0 Å². The Morgan fingerprint density at radius 1 is 1.07 bits per heavy atom. The number of thiazole rings is 1. The molecule has 146 valence electrons. The van der Waals surface area contributed by atoms with Gasteiger partial charge in [-0.3, -0.25) is 9.52 Å². The second-order valence-electron chi connectivity index (χ2n) is 6.56. The average Bonchev–Trinajstić information content (AvgIpc) is 3.05. The minimum atomic E-state index is -3.69. The normalized spacial score (nSPS) is 11.2. The van der Waals surface area contributed by atoms with Crippen LogP contribution in [0, 0.1) is 20.8 Å². The summed E-state index contributed by atoms with van der Waals surface area (Å²) >= 11 is 1.15. The van der Waals surface area contributed by atoms with Crippen LogP contribution in [0.15, 0.2) is 52.7 Å². The van der Waals surface area contributed by atoms with E-state index in [-0.39, 0.29) is 22.4 Å². The molecule has 0 aliphatic heterocycles. The van der Waals surface area contributed by atoms with E-state index in [0.29, 0.717) is 5.69 Å². The van der Waals surface area contributed by atoms with Gasteiger partial charge in [0, 0.05) is 11.1 Å². The van der Waals surface area contributed by atoms with Crippen LogP contribution in [-0.4, -0.2) is 19.3 Å². The molecule has 0 bridgehead atoms. The minimum Gasteiger partial charge on any atom is -0.325 e. The van der Waals surface area contributed by atoms with Crippen molar-refractivity contribution in [3.63, 3.8) is 0 Å². The number of aryl methyl sites for hydroxylation is 3. The summed E-state index contributed by atoms with van der Waals surface area (Å²) in [5, 5.41) is 4.83. The molecule has 3 aromatic rings. The third-order valence-electron chi connectivity index (χ3n) is 4.11. The smallest absolute Gasteiger partial charge is 0.263 e. The van der Waals surface area contributed by atoms with Crippen LogP contribution in [0.4, 0.5) is 10.8 Å². The lowest BCUT2D eigenvalue weighted by atomic mass is 10.0. The Labute approximate surface area is 168 Å². The number of anilines is 2. The Morgan fingerprint density at radius 2 is 1.71 bits per heavy atom. The molecule has 28 heavy (non-hydrogen) atoms. The summed E-state index contributed by atoms with van der Waals surface area (Å²) in [4.78, 5) is 16.8. The fourth-order valence-corrected chi connectivity index (χ4v) is 4.92. The highest BCUT2D eigenvalue weighted by molar-refractivity contribution is 7.93. The first-order valence-electron chi connectivity index (χ1n) is 8.64. The Morgan fingerprint density at radius 3 is 2.36 bits per heavy atom. The molecule has 0 fully saturated rings. The number of sulfonamides is 1. The van der Waals surface area contributed by atoms with Gasteiger partial charge >= 0.3 is 0 Å². The molecule has 1 heterocycles. The van der Waals surface area contributed by atoms with E-state index in [1.807, 2.05) is 32.9 Å². The largest absolute Gasteiger partial charge is 0.325 e. The van der Waals surface area contributed by atoms with Crippen molar-refractivity contribution in [3.05, 3.63) is 70.2 Å². The lowest BCUT2D eigenvalue weighted by Crippen LogP contribution is -2.16. The van der Waals surface area contributed by atoms with E-state index >= 15 is 0 Å². The van der Waals surface area contributed by atoms with Crippen molar-refractivity contribution in [1.29, 1.82) is 0 Å². The van der Waals surface area contributed by atoms with Crippen molar-refractivity contribution in [2.24, 2.45) is 0 Å². The predicted octanol–water partition coefficient (Wildman–Crippen LogP) is 4.05. The molecule has 0 aliphatic carbocycles. The van der Waals surface area contributed by atoms with Gasteiger partial charge in [-0.1, -0.05) is 35.9 Å². The van der Waals surface area contributed by atoms with Crippen LogP contribution in [0.3, 0.4) is 0 Å². The zero-order valence-electron chi connectivity index (χ0n) is 15.8. The van der Waals surface area contributed by atoms with Crippen molar-refractivity contribution < 1.29 is 13.2 Å². The van der Waals surface area contributed by atoms with Gasteiger partial charge < -0.3 is 5.32 Å². The molecule has 0 atom stereocenters. The number of carbonyl (C=O) groups is 1. The van der Waals surface area contributed by atoms with Gasteiger partial charge in [-0.15, -0.1) is 11.3 Å². The SMILES string of the molecule is Cc1cc(C)c(NC(=O)Cc2csc(NS(=O)(=O)c3ccccc3)n2)c(C)c1. The fourth-order valence-electron chi connectivity index (χ4n) is 2.93. The quantitative estimate of drug-likeness (QED) is 0.636. The molecule has 0 spiro atoms. The zero-order valence-corrected chi connectivity index (χ0v) is 17.4. The Balaban J connectivity index is 1.67. The van der Waals surface area contributed by atoms with Gasteiger partial charge in [0.25, 0.3) is 10.0 Å². The Kier molecular flexibility index (Phi) is 5.81. The van der Waals surface area contributed by atoms with E-state index < -0.39 is 10.0 Å². The van der Waals surface area contributed by atoms with Gasteiger partial charge in [0.2, 0.25) is 5.91 Å². The molecule has 0 unspecified atom stereocenters. The number of nitrogens with one attached hydrogen (secondary N) is 2. The number of hydrogen-bond acceptors (Lipinski definition) is 5. The van der Waals surface area contributed by atoms with E-state index in [2.05, 4.69) is 15.0 Å². The zero-order chi connectivity index (χ0) is 20.3. The molecule has 0 radical (unpaired) electrons. The van der Waals surface area contributed by atoms with Gasteiger partial charge in [0.15, 0.2) is 5.13 Å². The predicted molar refractivity (Wildman–Crippen MR) is 112 cm³/mol. The summed E-state index contributed by atoms with van der Waals surface area (Å²) in [5.41, 5.74) is 4.45. The molecule has 0 aliphatic rings. The van der Waals surface area contributed by atoms with Crippen molar-refractivity contribution in [2.75, 3.05) is 10.0 Å². The van der Waals surface area contributed by atoms with Crippen molar-refractivity contribution in [1.82, 2.24) is 4.98 Å². The minimum absolute atomic E-state index is 0.0658. The second kappa shape index (κ2) is 8.12. The highest BCUT2D eigenvalue weighted by Gasteiger charge is 2.17. The lowest BCUT2D eigenvalue weighted by Gasteiger charge is -2.12. The van der Waals surface area contributed by atoms with Crippen LogP contribution in [-0.2, 0) is 21.2 Å². The van der Waals surface area contributed by atoms with Crippen LogP contribution in [0.5, 0.6) is 0 Å². The third kappa shape index (κ3) is 4.76. The second-order valence-corrected chi connectivity index (χ2v) is 9.10. The van der Waals surface area contributed by atoms with E-state index in [1.54, 1.807) is 23.6 Å². The Hall–Kier alpha value is -2.71. The first kappa shape index (κ1) is 20.0. The average molecular weight is 416 g/mol. The van der Waals surface area contributed by atoms with E-state index in [0.717, 1.165) is 33.7 Å². The molecule has 2 N–H and O–H groups in total. The number of benzene rings is 2. The van der Waals surface area contributed by atoms with Crippen LogP contribution < -0.4 is 10.0 Å². The fraction of sp³-hybridized carbons (Fsp3) is 0.200. The highest BCUT2D eigenvalue weighted by atomic mass is 32.2. The molecule has 1 amide bonds. The highest BCUT2D eigenvalue weighted by Crippen LogP contribution is 2.23. The molecular weight excluding hydrogens is 394 g/mol. The number of nitrogens with zero attached hydrogens (tertiary/aromatic N) is 1. The first-order chi connectivity index (χ1) is 13.2. The number of aromatic nitrogens is 1. The maximum absolute atomic E-state index is 12.4. The van der Waals surface area contributed by atoms with Crippen LogP contribution >= 0.6 is 11.3 Å². The number of amides is 1. The molecule has 6 nitrogen and oxygen atoms in total. The summed E-state index contributed by atoms with van der Waals surface area (Å²) < 4.78 is 27.2. The summed E-state index contributed by atoms with van der Waals surface area (Å²) in [7, 11) is -3.69. The van der Waals surface area contributed by atoms with E-state index in [1.165, 1.54) is 12.1 Å². The van der Waals surface area contributed by atoms with Gasteiger partial charge in [0.05, 0.1) is 17.0 Å². The first-order valence-corrected chi connectivity index (χ1v) is 11.0. The van der Waals surface area contributed by atoms with Gasteiger partial charge in [-0.25, -0.2) is 13.4 Å². The molecule has 1 aromatic heterocycles. The number of hydrogen-bond donors (Lipinski definition) is 2. The van der Waals surface area contributed by atoms with Crippen molar-refractivity contribution in [3.8, 4) is 0 Å². The third-order valence-corrected chi connectivity index (χ3v) is 6.40. The standard InChI is InChI=1S/C20H21N3O3S2/c1-13-9-14(2)19(15(3)10-13)22-18(24)11-16-12-27-20(21-16)23-28(25,26)17-7-5-4-6-8-17/h4-10,12H,11H2,1-3H3,(H,21,23)(H,22,24). The molecule has 3 rings (SSSR count). The molecule has 0 saturated heterocycles. The lowest BCUT2D eigenvalue weighted by molar-refractivity contribution is -0.115. The maximum Gasteiger partial charge on any atom is 0.263 e. The van der Waals surface area contributed by atoms with Crippen LogP contribution in [0.25, 0.3) is 0 Å². The molecular formula is C20H21N3O3S2. The molecule has 2 aromatic carbocycles. The number of rotatable bonds is 6. The van der Waals surface area contributed by atoms with Gasteiger partial charge in [-0.2, -0.15) is 0 Å². The molecule has 0 saturated carbocycles. The summed E-state index contributed by atoms with van der Waals surface area (Å²) in [5.74, 6) is -0.196. The van der Waals surface area contributed by atoms with Crippen LogP contribution in [0.1, 0.15) is 22.4 Å². The summed E-state index contributed by atoms with van der Waals surface area (Å²) in [6.07, 6.45) is 0.0658. The van der Waals surface area contributed by atoms with E-state index in [4.69, 9.17) is 0 Å². The topological polar surface area (TPSA) is 88.2 Å². The van der Waals surface area contributed by atoms with Crippen molar-refractivity contribution >= 4 is 38.1 Å². The summed E-state index contributed by atoms with van der Waals surface area (Å²) in [6.45, 7) is 5.92. The number of carbonyl (C=O) groups excluding carboxylic acids is 1. The monoisotopic (exact) mass is 415 g/mol. The maximum atomic E-state index is 12.4. The van der Waals surface area contributed by atoms with Crippen molar-refractivity contribution in [2.45, 2.75) is 32.1 Å². The summed E-state index contributed by atoms with van der Waals surface area (Å²) in [6, 6.07) is 12.1. The van der Waals surface area contributed by atoms with E-state index in [9.17, 15) is 13.2 Å². The van der Waals surface area contributed by atoms with Crippen LogP contribution in [0.2, 0.25) is 0 Å². The molecule has 8 heteroatoms.